The standard InChI is InChI=1S/C19H19ClN4O3S/c20-14-5-7-15(8-6-14)28(26,27)24-11-9-23(10-12-24)13-18-21-17-4-2-1-3-16(17)19(25)22-18/h1-8H,9-13H2,(H,21,22,25). The van der Waals surface area contributed by atoms with Crippen LogP contribution in [0.2, 0.25) is 5.02 Å². The largest absolute Gasteiger partial charge is 0.309 e. The zero-order valence-electron chi connectivity index (χ0n) is 15.0. The molecule has 28 heavy (non-hydrogen) atoms. The molecule has 2 heterocycles. The predicted octanol–water partition coefficient (Wildman–Crippen LogP) is 2.08. The SMILES string of the molecule is O=c1[nH]c(CN2CCN(S(=O)(=O)c3ccc(Cl)cc3)CC2)nc2ccccc12. The fourth-order valence-electron chi connectivity index (χ4n) is 3.31. The zero-order chi connectivity index (χ0) is 19.7. The van der Waals surface area contributed by atoms with Crippen LogP contribution in [0.1, 0.15) is 5.82 Å². The van der Waals surface area contributed by atoms with Gasteiger partial charge in [-0.2, -0.15) is 4.31 Å². The number of benzene rings is 2. The second-order valence-corrected chi connectivity index (χ2v) is 9.04. The second kappa shape index (κ2) is 7.63. The first-order chi connectivity index (χ1) is 13.4. The molecule has 1 aromatic heterocycles. The van der Waals surface area contributed by atoms with E-state index in [1.165, 1.54) is 16.4 Å². The Balaban J connectivity index is 1.44. The van der Waals surface area contributed by atoms with Gasteiger partial charge in [0.1, 0.15) is 5.82 Å². The van der Waals surface area contributed by atoms with Gasteiger partial charge in [-0.15, -0.1) is 0 Å². The maximum absolute atomic E-state index is 12.8. The number of aromatic nitrogens is 2. The van der Waals surface area contributed by atoms with Gasteiger partial charge >= 0.3 is 0 Å². The summed E-state index contributed by atoms with van der Waals surface area (Å²) in [5.41, 5.74) is 0.495. The lowest BCUT2D eigenvalue weighted by atomic mass is 10.2. The summed E-state index contributed by atoms with van der Waals surface area (Å²) in [5.74, 6) is 0.581. The Hall–Kier alpha value is -2.26. The van der Waals surface area contributed by atoms with E-state index in [2.05, 4.69) is 14.9 Å². The van der Waals surface area contributed by atoms with Crippen molar-refractivity contribution in [3.05, 3.63) is 69.7 Å². The molecule has 9 heteroatoms. The Labute approximate surface area is 167 Å². The van der Waals surface area contributed by atoms with Crippen LogP contribution in [0.25, 0.3) is 10.9 Å². The van der Waals surface area contributed by atoms with Crippen molar-refractivity contribution < 1.29 is 8.42 Å². The minimum Gasteiger partial charge on any atom is -0.309 e. The Morgan fingerprint density at radius 1 is 1.00 bits per heavy atom. The van der Waals surface area contributed by atoms with Crippen LogP contribution in [0.3, 0.4) is 0 Å². The number of sulfonamides is 1. The van der Waals surface area contributed by atoms with Crippen molar-refractivity contribution >= 4 is 32.5 Å². The van der Waals surface area contributed by atoms with E-state index >= 15 is 0 Å². The molecule has 2 aromatic carbocycles. The lowest BCUT2D eigenvalue weighted by Crippen LogP contribution is -2.48. The molecule has 3 aromatic rings. The molecule has 1 N–H and O–H groups in total. The Kier molecular flexibility index (Phi) is 5.20. The third kappa shape index (κ3) is 3.81. The minimum atomic E-state index is -3.54. The number of halogens is 1. The minimum absolute atomic E-state index is 0.162. The molecule has 0 atom stereocenters. The molecule has 0 spiro atoms. The van der Waals surface area contributed by atoms with Crippen LogP contribution in [-0.4, -0.2) is 53.8 Å². The number of hydrogen-bond donors (Lipinski definition) is 1. The van der Waals surface area contributed by atoms with Crippen LogP contribution < -0.4 is 5.56 Å². The Morgan fingerprint density at radius 2 is 1.68 bits per heavy atom. The van der Waals surface area contributed by atoms with Crippen molar-refractivity contribution in [1.82, 2.24) is 19.2 Å². The molecule has 0 unspecified atom stereocenters. The first-order valence-corrected chi connectivity index (χ1v) is 10.7. The molecule has 1 fully saturated rings. The van der Waals surface area contributed by atoms with E-state index in [1.807, 2.05) is 12.1 Å². The Bertz CT molecular complexity index is 1150. The van der Waals surface area contributed by atoms with Crippen LogP contribution in [0.15, 0.2) is 58.2 Å². The van der Waals surface area contributed by atoms with E-state index in [0.29, 0.717) is 54.5 Å². The summed E-state index contributed by atoms with van der Waals surface area (Å²) < 4.78 is 27.0. The van der Waals surface area contributed by atoms with Crippen LogP contribution in [0.4, 0.5) is 0 Å². The van der Waals surface area contributed by atoms with Gasteiger partial charge in [-0.05, 0) is 36.4 Å². The Morgan fingerprint density at radius 3 is 2.39 bits per heavy atom. The van der Waals surface area contributed by atoms with Gasteiger partial charge < -0.3 is 4.98 Å². The summed E-state index contributed by atoms with van der Waals surface area (Å²) in [6, 6.07) is 13.4. The average Bonchev–Trinajstić information content (AvgIpc) is 2.69. The highest BCUT2D eigenvalue weighted by Crippen LogP contribution is 2.20. The number of nitrogens with one attached hydrogen (secondary N) is 1. The molecular weight excluding hydrogens is 400 g/mol. The van der Waals surface area contributed by atoms with Gasteiger partial charge in [0, 0.05) is 31.2 Å². The highest BCUT2D eigenvalue weighted by atomic mass is 35.5. The quantitative estimate of drug-likeness (QED) is 0.701. The fourth-order valence-corrected chi connectivity index (χ4v) is 4.85. The predicted molar refractivity (Wildman–Crippen MR) is 108 cm³/mol. The molecule has 7 nitrogen and oxygen atoms in total. The maximum Gasteiger partial charge on any atom is 0.258 e. The smallest absolute Gasteiger partial charge is 0.258 e. The molecule has 0 bridgehead atoms. The number of aromatic amines is 1. The molecular formula is C19H19ClN4O3S. The molecule has 1 aliphatic rings. The number of rotatable bonds is 4. The molecule has 0 amide bonds. The number of nitrogens with zero attached hydrogens (tertiary/aromatic N) is 3. The van der Waals surface area contributed by atoms with Crippen LogP contribution in [-0.2, 0) is 16.6 Å². The van der Waals surface area contributed by atoms with Gasteiger partial charge in [0.15, 0.2) is 0 Å². The van der Waals surface area contributed by atoms with E-state index in [9.17, 15) is 13.2 Å². The lowest BCUT2D eigenvalue weighted by Gasteiger charge is -2.33. The van der Waals surface area contributed by atoms with Gasteiger partial charge in [0.2, 0.25) is 10.0 Å². The molecule has 1 saturated heterocycles. The van der Waals surface area contributed by atoms with E-state index < -0.39 is 10.0 Å². The lowest BCUT2D eigenvalue weighted by molar-refractivity contribution is 0.178. The van der Waals surface area contributed by atoms with E-state index in [1.54, 1.807) is 24.3 Å². The van der Waals surface area contributed by atoms with Gasteiger partial charge in [0.05, 0.1) is 22.3 Å². The van der Waals surface area contributed by atoms with Gasteiger partial charge in [-0.3, -0.25) is 9.69 Å². The van der Waals surface area contributed by atoms with Crippen molar-refractivity contribution in [3.8, 4) is 0 Å². The molecule has 0 aliphatic carbocycles. The summed E-state index contributed by atoms with van der Waals surface area (Å²) in [5, 5.41) is 1.06. The number of fused-ring (bicyclic) bond motifs is 1. The molecule has 0 radical (unpaired) electrons. The summed E-state index contributed by atoms with van der Waals surface area (Å²) in [6.45, 7) is 2.34. The topological polar surface area (TPSA) is 86.4 Å². The third-order valence-corrected chi connectivity index (χ3v) is 6.98. The first-order valence-electron chi connectivity index (χ1n) is 8.89. The van der Waals surface area contributed by atoms with Crippen LogP contribution >= 0.6 is 11.6 Å². The van der Waals surface area contributed by atoms with Crippen molar-refractivity contribution in [2.75, 3.05) is 26.2 Å². The zero-order valence-corrected chi connectivity index (χ0v) is 16.6. The van der Waals surface area contributed by atoms with Gasteiger partial charge in [-0.25, -0.2) is 13.4 Å². The fraction of sp³-hybridized carbons (Fsp3) is 0.263. The van der Waals surface area contributed by atoms with Gasteiger partial charge in [0.25, 0.3) is 5.56 Å². The van der Waals surface area contributed by atoms with Crippen molar-refractivity contribution in [1.29, 1.82) is 0 Å². The average molecular weight is 419 g/mol. The summed E-state index contributed by atoms with van der Waals surface area (Å²) >= 11 is 5.84. The van der Waals surface area contributed by atoms with E-state index in [-0.39, 0.29) is 10.5 Å². The molecule has 0 saturated carbocycles. The van der Waals surface area contributed by atoms with E-state index in [0.717, 1.165) is 0 Å². The van der Waals surface area contributed by atoms with Crippen molar-refractivity contribution in [2.45, 2.75) is 11.4 Å². The van der Waals surface area contributed by atoms with Gasteiger partial charge in [-0.1, -0.05) is 23.7 Å². The van der Waals surface area contributed by atoms with Crippen LogP contribution in [0, 0.1) is 0 Å². The normalized spacial score (nSPS) is 16.5. The summed E-state index contributed by atoms with van der Waals surface area (Å²) in [7, 11) is -3.54. The molecule has 146 valence electrons. The number of H-pyrrole nitrogens is 1. The summed E-state index contributed by atoms with van der Waals surface area (Å²) in [4.78, 5) is 21.9. The second-order valence-electron chi connectivity index (χ2n) is 6.66. The highest BCUT2D eigenvalue weighted by Gasteiger charge is 2.28. The monoisotopic (exact) mass is 418 g/mol. The van der Waals surface area contributed by atoms with Crippen molar-refractivity contribution in [3.63, 3.8) is 0 Å². The summed E-state index contributed by atoms with van der Waals surface area (Å²) in [6.07, 6.45) is 0. The number of hydrogen-bond acceptors (Lipinski definition) is 5. The first kappa shape index (κ1) is 19.1. The highest BCUT2D eigenvalue weighted by molar-refractivity contribution is 7.89. The molecule has 4 rings (SSSR count). The van der Waals surface area contributed by atoms with Crippen LogP contribution in [0.5, 0.6) is 0 Å². The molecule has 1 aliphatic heterocycles. The number of piperazine rings is 1. The number of para-hydroxylation sites is 1. The third-order valence-electron chi connectivity index (χ3n) is 4.82. The maximum atomic E-state index is 12.8. The van der Waals surface area contributed by atoms with Crippen molar-refractivity contribution in [2.24, 2.45) is 0 Å². The van der Waals surface area contributed by atoms with E-state index in [4.69, 9.17) is 11.6 Å².